The molecule has 0 saturated carbocycles. The van der Waals surface area contributed by atoms with Gasteiger partial charge in [-0.2, -0.15) is 0 Å². The lowest BCUT2D eigenvalue weighted by Crippen LogP contribution is -2.41. The highest BCUT2D eigenvalue weighted by Crippen LogP contribution is 1.72. The fourth-order valence-corrected chi connectivity index (χ4v) is 0.585. The molecule has 0 aliphatic rings. The first kappa shape index (κ1) is 10.9. The summed E-state index contributed by atoms with van der Waals surface area (Å²) < 4.78 is 0. The molecule has 0 unspecified atom stereocenters. The highest BCUT2D eigenvalue weighted by Gasteiger charge is 2.04. The van der Waals surface area contributed by atoms with E-state index in [-0.39, 0.29) is 11.8 Å². The molecule has 0 fully saturated rings. The third-order valence-corrected chi connectivity index (χ3v) is 1.21. The third-order valence-electron chi connectivity index (χ3n) is 1.21. The smallest absolute Gasteiger partial charge is 0.236 e. The van der Waals surface area contributed by atoms with Crippen molar-refractivity contribution in [2.24, 2.45) is 5.73 Å². The van der Waals surface area contributed by atoms with Crippen LogP contribution in [0.5, 0.6) is 0 Å². The predicted octanol–water partition coefficient (Wildman–Crippen LogP) is -1.41. The Bertz CT molecular complexity index is 168. The first-order valence-corrected chi connectivity index (χ1v) is 3.81. The Kier molecular flexibility index (Phi) is 5.03. The van der Waals surface area contributed by atoms with Crippen LogP contribution in [0, 0.1) is 0 Å². The summed E-state index contributed by atoms with van der Waals surface area (Å²) in [4.78, 5) is 21.2. The van der Waals surface area contributed by atoms with Gasteiger partial charge >= 0.3 is 0 Å². The van der Waals surface area contributed by atoms with Crippen LogP contribution in [0.25, 0.3) is 0 Å². The summed E-state index contributed by atoms with van der Waals surface area (Å²) in [5.41, 5.74) is 5.28. The molecule has 4 N–H and O–H groups in total. The van der Waals surface area contributed by atoms with Crippen molar-refractivity contribution in [1.29, 1.82) is 0 Å². The zero-order valence-electron chi connectivity index (χ0n) is 7.39. The second-order valence-electron chi connectivity index (χ2n) is 2.56. The van der Waals surface area contributed by atoms with E-state index in [4.69, 9.17) is 5.73 Å². The Morgan fingerprint density at radius 2 is 1.83 bits per heavy atom. The van der Waals surface area contributed by atoms with Crippen molar-refractivity contribution in [3.8, 4) is 0 Å². The Labute approximate surface area is 71.7 Å². The van der Waals surface area contributed by atoms with E-state index in [1.165, 1.54) is 6.92 Å². The molecule has 0 radical (unpaired) electrons. The number of rotatable bonds is 4. The zero-order valence-corrected chi connectivity index (χ0v) is 7.39. The van der Waals surface area contributed by atoms with Crippen molar-refractivity contribution >= 4 is 11.8 Å². The minimum Gasteiger partial charge on any atom is -0.355 e. The quantitative estimate of drug-likeness (QED) is 0.456. The molecule has 5 nitrogen and oxygen atoms in total. The second kappa shape index (κ2) is 5.54. The zero-order chi connectivity index (χ0) is 9.56. The van der Waals surface area contributed by atoms with Crippen LogP contribution in [-0.2, 0) is 9.59 Å². The van der Waals surface area contributed by atoms with Gasteiger partial charge in [0.1, 0.15) is 0 Å². The van der Waals surface area contributed by atoms with E-state index in [2.05, 4.69) is 10.6 Å². The molecule has 0 rings (SSSR count). The van der Waals surface area contributed by atoms with Gasteiger partial charge in [-0.25, -0.2) is 0 Å². The Morgan fingerprint density at radius 3 is 2.25 bits per heavy atom. The van der Waals surface area contributed by atoms with Crippen LogP contribution in [0.15, 0.2) is 0 Å². The topological polar surface area (TPSA) is 84.2 Å². The van der Waals surface area contributed by atoms with Gasteiger partial charge in [0, 0.05) is 20.0 Å². The number of carbonyl (C=O) groups excluding carboxylic acids is 2. The molecule has 0 heterocycles. The minimum atomic E-state index is -0.498. The lowest BCUT2D eigenvalue weighted by molar-refractivity contribution is -0.122. The maximum atomic E-state index is 10.8. The molecule has 2 amide bonds. The van der Waals surface area contributed by atoms with E-state index in [1.54, 1.807) is 6.92 Å². The molecular weight excluding hydrogens is 158 g/mol. The van der Waals surface area contributed by atoms with Gasteiger partial charge in [0.15, 0.2) is 0 Å². The maximum Gasteiger partial charge on any atom is 0.236 e. The third kappa shape index (κ3) is 5.67. The van der Waals surface area contributed by atoms with Crippen LogP contribution in [0.2, 0.25) is 0 Å². The van der Waals surface area contributed by atoms with Crippen molar-refractivity contribution in [3.63, 3.8) is 0 Å². The van der Waals surface area contributed by atoms with Crippen molar-refractivity contribution in [2.75, 3.05) is 13.1 Å². The van der Waals surface area contributed by atoms with E-state index < -0.39 is 6.04 Å². The fourth-order valence-electron chi connectivity index (χ4n) is 0.585. The van der Waals surface area contributed by atoms with Gasteiger partial charge in [0.25, 0.3) is 0 Å². The van der Waals surface area contributed by atoms with Crippen molar-refractivity contribution in [3.05, 3.63) is 0 Å². The highest BCUT2D eigenvalue weighted by atomic mass is 16.2. The monoisotopic (exact) mass is 173 g/mol. The Hall–Kier alpha value is -1.10. The van der Waals surface area contributed by atoms with Crippen LogP contribution in [0.1, 0.15) is 13.8 Å². The van der Waals surface area contributed by atoms with Gasteiger partial charge in [-0.05, 0) is 6.92 Å². The average molecular weight is 173 g/mol. The second-order valence-corrected chi connectivity index (χ2v) is 2.56. The number of amides is 2. The van der Waals surface area contributed by atoms with Crippen molar-refractivity contribution in [1.82, 2.24) is 10.6 Å². The molecule has 0 aromatic heterocycles. The van der Waals surface area contributed by atoms with E-state index in [9.17, 15) is 9.59 Å². The molecule has 0 aromatic rings. The van der Waals surface area contributed by atoms with Crippen molar-refractivity contribution < 1.29 is 9.59 Å². The largest absolute Gasteiger partial charge is 0.355 e. The standard InChI is InChI=1S/C7H15N3O2/c1-5(8)7(12)10-4-3-9-6(2)11/h5H,3-4,8H2,1-2H3,(H,9,11)(H,10,12)/t5-/m0/s1. The van der Waals surface area contributed by atoms with E-state index in [1.807, 2.05) is 0 Å². The number of nitrogens with one attached hydrogen (secondary N) is 2. The predicted molar refractivity (Wildman–Crippen MR) is 45.3 cm³/mol. The van der Waals surface area contributed by atoms with E-state index in [0.717, 1.165) is 0 Å². The van der Waals surface area contributed by atoms with Crippen LogP contribution in [-0.4, -0.2) is 30.9 Å². The molecule has 0 aromatic carbocycles. The summed E-state index contributed by atoms with van der Waals surface area (Å²) in [5, 5.41) is 5.10. The summed E-state index contributed by atoms with van der Waals surface area (Å²) in [6.45, 7) is 3.88. The van der Waals surface area contributed by atoms with Crippen LogP contribution in [0.3, 0.4) is 0 Å². The van der Waals surface area contributed by atoms with Gasteiger partial charge in [-0.3, -0.25) is 9.59 Å². The SMILES string of the molecule is CC(=O)NCCNC(=O)[C@H](C)N. The molecule has 5 heteroatoms. The lowest BCUT2D eigenvalue weighted by atomic mass is 10.3. The number of hydrogen-bond acceptors (Lipinski definition) is 3. The number of carbonyl (C=O) groups is 2. The van der Waals surface area contributed by atoms with Crippen LogP contribution in [0.4, 0.5) is 0 Å². The average Bonchev–Trinajstić information content (AvgIpc) is 1.97. The number of nitrogens with two attached hydrogens (primary N) is 1. The number of hydrogen-bond donors (Lipinski definition) is 3. The molecule has 0 bridgehead atoms. The van der Waals surface area contributed by atoms with Gasteiger partial charge in [-0.15, -0.1) is 0 Å². The Balaban J connectivity index is 3.32. The molecule has 0 aliphatic heterocycles. The summed E-state index contributed by atoms with van der Waals surface area (Å²) in [6.07, 6.45) is 0. The molecule has 70 valence electrons. The molecule has 12 heavy (non-hydrogen) atoms. The highest BCUT2D eigenvalue weighted by molar-refractivity contribution is 5.81. The Morgan fingerprint density at radius 1 is 1.33 bits per heavy atom. The summed E-state index contributed by atoms with van der Waals surface area (Å²) in [5.74, 6) is -0.314. The first-order valence-electron chi connectivity index (χ1n) is 3.81. The fraction of sp³-hybridized carbons (Fsp3) is 0.714. The van der Waals surface area contributed by atoms with Gasteiger partial charge < -0.3 is 16.4 Å². The molecule has 0 saturated heterocycles. The van der Waals surface area contributed by atoms with E-state index >= 15 is 0 Å². The van der Waals surface area contributed by atoms with Gasteiger partial charge in [0.2, 0.25) is 11.8 Å². The molecular formula is C7H15N3O2. The van der Waals surface area contributed by atoms with Crippen LogP contribution < -0.4 is 16.4 Å². The maximum absolute atomic E-state index is 10.8. The molecule has 0 aliphatic carbocycles. The van der Waals surface area contributed by atoms with Gasteiger partial charge in [-0.1, -0.05) is 0 Å². The minimum absolute atomic E-state index is 0.106. The normalized spacial score (nSPS) is 11.9. The summed E-state index contributed by atoms with van der Waals surface area (Å²) in [7, 11) is 0. The first-order chi connectivity index (χ1) is 5.54. The van der Waals surface area contributed by atoms with E-state index in [0.29, 0.717) is 13.1 Å². The summed E-state index contributed by atoms with van der Waals surface area (Å²) in [6, 6.07) is -0.498. The lowest BCUT2D eigenvalue weighted by Gasteiger charge is -2.07. The van der Waals surface area contributed by atoms with Crippen LogP contribution >= 0.6 is 0 Å². The summed E-state index contributed by atoms with van der Waals surface area (Å²) >= 11 is 0. The van der Waals surface area contributed by atoms with Crippen molar-refractivity contribution in [2.45, 2.75) is 19.9 Å². The molecule has 1 atom stereocenters. The molecule has 0 spiro atoms. The van der Waals surface area contributed by atoms with Gasteiger partial charge in [0.05, 0.1) is 6.04 Å².